The number of carbonyl (C=O) groups is 6. The van der Waals surface area contributed by atoms with E-state index in [1.807, 2.05) is 0 Å². The molecule has 0 bridgehead atoms. The van der Waals surface area contributed by atoms with Crippen molar-refractivity contribution in [1.82, 2.24) is 10.6 Å². The molecular formula is C26H45N2NaO10S4Zn. The summed E-state index contributed by atoms with van der Waals surface area (Å²) < 4.78 is 0. The van der Waals surface area contributed by atoms with E-state index in [9.17, 15) is 39.0 Å². The number of nitrogens with one attached hydrogen (secondary N) is 2. The molecule has 0 radical (unpaired) electrons. The zero-order valence-corrected chi connectivity index (χ0v) is 33.8. The van der Waals surface area contributed by atoms with Gasteiger partial charge < -0.3 is 42.1 Å². The van der Waals surface area contributed by atoms with Crippen molar-refractivity contribution < 1.29 is 99.7 Å². The van der Waals surface area contributed by atoms with Crippen LogP contribution in [0.25, 0.3) is 0 Å². The quantitative estimate of drug-likeness (QED) is 0.0298. The van der Waals surface area contributed by atoms with Crippen LogP contribution in [0.2, 0.25) is 0 Å². The van der Waals surface area contributed by atoms with Crippen molar-refractivity contribution in [2.24, 2.45) is 0 Å². The van der Waals surface area contributed by atoms with Crippen molar-refractivity contribution in [2.45, 2.75) is 112 Å². The van der Waals surface area contributed by atoms with Gasteiger partial charge in [-0.15, -0.1) is 0 Å². The largest absolute Gasteiger partial charge is 2.00 e. The fraction of sp³-hybridized carbons (Fsp3) is 0.769. The predicted molar refractivity (Wildman–Crippen MR) is 168 cm³/mol. The molecule has 0 heterocycles. The van der Waals surface area contributed by atoms with Crippen LogP contribution < -0.4 is 50.4 Å². The van der Waals surface area contributed by atoms with Gasteiger partial charge in [-0.25, -0.2) is 0 Å². The molecule has 0 aliphatic carbocycles. The molecule has 12 nitrogen and oxygen atoms in total. The zero-order chi connectivity index (χ0) is 32.5. The van der Waals surface area contributed by atoms with E-state index < -0.39 is 47.8 Å². The average Bonchev–Trinajstić information content (AvgIpc) is 2.89. The second-order valence-corrected chi connectivity index (χ2v) is 11.9. The molecule has 0 saturated heterocycles. The van der Waals surface area contributed by atoms with E-state index in [1.165, 1.54) is 0 Å². The number of rotatable bonds is 24. The monoisotopic (exact) mass is 760 g/mol. The van der Waals surface area contributed by atoms with Gasteiger partial charge in [0, 0.05) is 36.2 Å². The maximum absolute atomic E-state index is 11.6. The first-order valence-corrected chi connectivity index (χ1v) is 16.0. The van der Waals surface area contributed by atoms with Crippen LogP contribution in [0, 0.1) is 0 Å². The van der Waals surface area contributed by atoms with Gasteiger partial charge in [-0.05, 0) is 62.9 Å². The Morgan fingerprint density at radius 3 is 1.16 bits per heavy atom. The van der Waals surface area contributed by atoms with Crippen LogP contribution in [0.1, 0.15) is 91.3 Å². The van der Waals surface area contributed by atoms with Crippen LogP contribution in [-0.2, 0) is 48.2 Å². The van der Waals surface area contributed by atoms with Crippen molar-refractivity contribution in [3.8, 4) is 0 Å². The number of aliphatic carboxylic acids is 4. The van der Waals surface area contributed by atoms with E-state index in [1.54, 1.807) is 0 Å². The van der Waals surface area contributed by atoms with Crippen molar-refractivity contribution in [3.05, 3.63) is 0 Å². The minimum Gasteiger partial charge on any atom is -1.00 e. The summed E-state index contributed by atoms with van der Waals surface area (Å²) in [5, 5.41) is 43.7. The van der Waals surface area contributed by atoms with Gasteiger partial charge in [0.15, 0.2) is 0 Å². The summed E-state index contributed by atoms with van der Waals surface area (Å²) in [7, 11) is 0. The Hall–Kier alpha value is -0.157. The van der Waals surface area contributed by atoms with E-state index in [-0.39, 0.29) is 99.5 Å². The Bertz CT molecular complexity index is 790. The molecule has 0 rings (SSSR count). The van der Waals surface area contributed by atoms with Crippen LogP contribution in [0.3, 0.4) is 0 Å². The summed E-state index contributed by atoms with van der Waals surface area (Å²) in [6.45, 7) is 0. The minimum atomic E-state index is -1.46. The first-order chi connectivity index (χ1) is 19.7. The fourth-order valence-corrected chi connectivity index (χ4v) is 5.14. The summed E-state index contributed by atoms with van der Waals surface area (Å²) in [5.41, 5.74) is 0. The Morgan fingerprint density at radius 2 is 0.909 bits per heavy atom. The van der Waals surface area contributed by atoms with Crippen molar-refractivity contribution in [2.75, 3.05) is 11.5 Å². The molecule has 0 aromatic heterocycles. The average molecular weight is 762 g/mol. The molecule has 2 amide bonds. The summed E-state index contributed by atoms with van der Waals surface area (Å²) in [4.78, 5) is 65.6. The van der Waals surface area contributed by atoms with E-state index in [2.05, 4.69) is 61.1 Å². The summed E-state index contributed by atoms with van der Waals surface area (Å²) in [6, 6.07) is -2.51. The number of thiol groups is 4. The Balaban J connectivity index is -0.000000222. The maximum Gasteiger partial charge on any atom is 2.00 e. The predicted octanol–water partition coefficient (Wildman–Crippen LogP) is -2.36. The molecule has 0 saturated carbocycles. The molecule has 0 aliphatic heterocycles. The minimum absolute atomic E-state index is 0. The van der Waals surface area contributed by atoms with Crippen LogP contribution in [0.15, 0.2) is 0 Å². The standard InChI is InChI=1S/2C13H23NO5S2.Na.Zn.H/c2*15-11(4-2-1-3-9(21)7-8-20)14-10(13(18)19)5-6-12(16)17;;;/h2*9-10,20-21H,1-8H2,(H,14,15)(H,16,17)(H,18,19);;;/q;;+1;+2;-1/p-2/t2*9?,10-;;;/m00.../s1. The third kappa shape index (κ3) is 33.2. The molecule has 4 atom stereocenters. The summed E-state index contributed by atoms with van der Waals surface area (Å²) in [5.74, 6) is -4.42. The molecule has 0 fully saturated rings. The van der Waals surface area contributed by atoms with Gasteiger partial charge >= 0.3 is 61.0 Å². The molecule has 2 unspecified atom stereocenters. The van der Waals surface area contributed by atoms with Crippen LogP contribution in [0.5, 0.6) is 0 Å². The number of amides is 2. The number of carboxylic acid groups (broad SMARTS) is 4. The molecule has 0 aliphatic rings. The summed E-state index contributed by atoms with van der Waals surface area (Å²) in [6.07, 6.45) is 5.86. The number of carbonyl (C=O) groups excluding carboxylic acids is 4. The van der Waals surface area contributed by atoms with Gasteiger partial charge in [-0.2, -0.15) is 50.5 Å². The third-order valence-electron chi connectivity index (χ3n) is 5.84. The molecule has 0 aromatic rings. The normalized spacial score (nSPS) is 12.8. The van der Waals surface area contributed by atoms with Gasteiger partial charge in [-0.1, -0.05) is 12.8 Å². The third-order valence-corrected chi connectivity index (χ3v) is 7.39. The van der Waals surface area contributed by atoms with Gasteiger partial charge in [0.25, 0.3) is 0 Å². The molecular weight excluding hydrogens is 717 g/mol. The molecule has 44 heavy (non-hydrogen) atoms. The van der Waals surface area contributed by atoms with Crippen LogP contribution in [-0.4, -0.2) is 80.0 Å². The van der Waals surface area contributed by atoms with Crippen molar-refractivity contribution in [1.29, 1.82) is 0 Å². The molecule has 246 valence electrons. The van der Waals surface area contributed by atoms with Crippen molar-refractivity contribution >= 4 is 86.2 Å². The molecule has 0 spiro atoms. The maximum atomic E-state index is 11.6. The van der Waals surface area contributed by atoms with Crippen LogP contribution in [0.4, 0.5) is 0 Å². The number of hydrogen-bond donors (Lipinski definition) is 8. The number of unbranched alkanes of at least 4 members (excludes halogenated alkanes) is 2. The van der Waals surface area contributed by atoms with E-state index in [4.69, 9.17) is 10.2 Å². The van der Waals surface area contributed by atoms with Gasteiger partial charge in [-0.3, -0.25) is 19.2 Å². The smallest absolute Gasteiger partial charge is 1.00 e. The van der Waals surface area contributed by atoms with Gasteiger partial charge in [0.1, 0.15) is 0 Å². The SMILES string of the molecule is O=C(O)CC[C@H](NC(=O)CCCCC(S)CCS)C(=O)[O-].O=C(O)CC[C@H](NC(=O)CCCCC(S)CCS)C(=O)[O-].[H-].[Na+].[Zn+2]. The van der Waals surface area contributed by atoms with E-state index >= 15 is 0 Å². The second-order valence-electron chi connectivity index (χ2n) is 9.57. The van der Waals surface area contributed by atoms with E-state index in [0.29, 0.717) is 12.8 Å². The Morgan fingerprint density at radius 1 is 0.591 bits per heavy atom. The first-order valence-electron chi connectivity index (χ1n) is 13.7. The second kappa shape index (κ2) is 32.8. The number of hydrogen-bond acceptors (Lipinski definition) is 12. The molecule has 0 aromatic carbocycles. The number of carboxylic acids is 4. The topological polar surface area (TPSA) is 213 Å². The first kappa shape index (κ1) is 50.7. The van der Waals surface area contributed by atoms with Crippen molar-refractivity contribution in [3.63, 3.8) is 0 Å². The molecule has 18 heteroatoms. The fourth-order valence-electron chi connectivity index (χ4n) is 3.48. The van der Waals surface area contributed by atoms with E-state index in [0.717, 1.165) is 50.0 Å². The van der Waals surface area contributed by atoms with Crippen LogP contribution >= 0.6 is 50.5 Å². The van der Waals surface area contributed by atoms with Gasteiger partial charge in [0.2, 0.25) is 11.8 Å². The zero-order valence-electron chi connectivity index (χ0n) is 26.3. The molecule has 4 N–H and O–H groups in total. The Labute approximate surface area is 318 Å². The Kier molecular flexibility index (Phi) is 37.8. The van der Waals surface area contributed by atoms with Gasteiger partial charge in [0.05, 0.1) is 24.0 Å². The summed E-state index contributed by atoms with van der Waals surface area (Å²) >= 11 is 17.0.